The van der Waals surface area contributed by atoms with E-state index in [4.69, 9.17) is 0 Å². The van der Waals surface area contributed by atoms with Crippen LogP contribution in [0.2, 0.25) is 0 Å². The molecule has 1 unspecified atom stereocenters. The summed E-state index contributed by atoms with van der Waals surface area (Å²) in [4.78, 5) is 18.5. The fourth-order valence-corrected chi connectivity index (χ4v) is 3.36. The first-order valence-electron chi connectivity index (χ1n) is 8.07. The molecule has 0 saturated heterocycles. The largest absolute Gasteiger partial charge is 0.363 e. The second-order valence-electron chi connectivity index (χ2n) is 6.39. The van der Waals surface area contributed by atoms with Crippen LogP contribution in [0.5, 0.6) is 0 Å². The molecule has 1 aliphatic rings. The molecule has 0 spiro atoms. The van der Waals surface area contributed by atoms with E-state index in [9.17, 15) is 4.79 Å². The van der Waals surface area contributed by atoms with E-state index in [0.29, 0.717) is 0 Å². The molecule has 2 aromatic rings. The number of amides is 1. The summed E-state index contributed by atoms with van der Waals surface area (Å²) in [6.45, 7) is 7.96. The van der Waals surface area contributed by atoms with Crippen LogP contribution in [-0.4, -0.2) is 16.9 Å². The number of fused-ring (bicyclic) bond motifs is 1. The number of hydrogen-bond acceptors (Lipinski definition) is 3. The van der Waals surface area contributed by atoms with Gasteiger partial charge in [-0.2, -0.15) is 0 Å². The molecule has 0 bridgehead atoms. The van der Waals surface area contributed by atoms with Crippen LogP contribution >= 0.6 is 0 Å². The maximum atomic E-state index is 12.1. The first-order chi connectivity index (χ1) is 11.0. The molecular weight excluding hydrogens is 286 g/mol. The number of nitrogens with one attached hydrogen (secondary N) is 1. The zero-order chi connectivity index (χ0) is 16.6. The zero-order valence-electron chi connectivity index (χ0n) is 14.1. The Labute approximate surface area is 137 Å². The number of pyridine rings is 1. The topological polar surface area (TPSA) is 45.2 Å². The van der Waals surface area contributed by atoms with Crippen molar-refractivity contribution in [1.29, 1.82) is 0 Å². The number of nitrogens with zero attached hydrogens (tertiary/aromatic N) is 2. The molecule has 1 aliphatic heterocycles. The quantitative estimate of drug-likeness (QED) is 0.914. The van der Waals surface area contributed by atoms with E-state index < -0.39 is 0 Å². The van der Waals surface area contributed by atoms with Crippen LogP contribution in [0, 0.1) is 12.8 Å². The average molecular weight is 309 g/mol. The Bertz CT molecular complexity index is 711. The summed E-state index contributed by atoms with van der Waals surface area (Å²) < 4.78 is 0. The third kappa shape index (κ3) is 2.81. The van der Waals surface area contributed by atoms with Crippen molar-refractivity contribution in [3.8, 4) is 0 Å². The van der Waals surface area contributed by atoms with E-state index >= 15 is 0 Å². The molecule has 0 aliphatic carbocycles. The molecule has 1 N–H and O–H groups in total. The minimum absolute atomic E-state index is 0.0868. The van der Waals surface area contributed by atoms with Crippen LogP contribution < -0.4 is 10.2 Å². The lowest BCUT2D eigenvalue weighted by atomic mass is 9.83. The van der Waals surface area contributed by atoms with Crippen LogP contribution in [-0.2, 0) is 4.79 Å². The van der Waals surface area contributed by atoms with Crippen molar-refractivity contribution >= 4 is 17.4 Å². The van der Waals surface area contributed by atoms with Gasteiger partial charge in [0.15, 0.2) is 0 Å². The standard InChI is InChI=1S/C19H23N3O/c1-12-9-10-18(20-11-12)21-19-13(2)14(3)22(15(4)23)17-8-6-5-7-16(17)19/h5-11,13-14,19H,1-4H3,(H,20,21)/t13?,14-,19+/m0/s1. The number of aromatic nitrogens is 1. The summed E-state index contributed by atoms with van der Waals surface area (Å²) in [5.74, 6) is 1.23. The van der Waals surface area contributed by atoms with Crippen molar-refractivity contribution in [2.45, 2.75) is 39.8 Å². The molecule has 2 heterocycles. The number of aryl methyl sites for hydroxylation is 1. The molecule has 3 atom stereocenters. The van der Waals surface area contributed by atoms with Gasteiger partial charge < -0.3 is 10.2 Å². The summed E-state index contributed by atoms with van der Waals surface area (Å²) in [7, 11) is 0. The van der Waals surface area contributed by atoms with Crippen molar-refractivity contribution in [3.05, 3.63) is 53.7 Å². The first-order valence-corrected chi connectivity index (χ1v) is 8.07. The fourth-order valence-electron chi connectivity index (χ4n) is 3.36. The summed E-state index contributed by atoms with van der Waals surface area (Å²) in [5.41, 5.74) is 3.29. The number of rotatable bonds is 2. The molecule has 0 radical (unpaired) electrons. The van der Waals surface area contributed by atoms with E-state index in [1.807, 2.05) is 42.3 Å². The summed E-state index contributed by atoms with van der Waals surface area (Å²) >= 11 is 0. The molecular formula is C19H23N3O. The highest BCUT2D eigenvalue weighted by molar-refractivity contribution is 5.93. The van der Waals surface area contributed by atoms with E-state index in [1.54, 1.807) is 6.92 Å². The molecule has 120 valence electrons. The zero-order valence-corrected chi connectivity index (χ0v) is 14.1. The Balaban J connectivity index is 2.01. The number of hydrogen-bond donors (Lipinski definition) is 1. The minimum atomic E-state index is 0.0868. The SMILES string of the molecule is CC(=O)N1c2ccccc2[C@H](Nc2ccc(C)cn2)C(C)[C@@H]1C. The third-order valence-electron chi connectivity index (χ3n) is 4.78. The molecule has 0 saturated carbocycles. The smallest absolute Gasteiger partial charge is 0.224 e. The predicted molar refractivity (Wildman–Crippen MR) is 93.6 cm³/mol. The molecule has 1 amide bonds. The van der Waals surface area contributed by atoms with Crippen molar-refractivity contribution in [3.63, 3.8) is 0 Å². The highest BCUT2D eigenvalue weighted by Gasteiger charge is 2.37. The number of para-hydroxylation sites is 1. The Hall–Kier alpha value is -2.36. The van der Waals surface area contributed by atoms with Gasteiger partial charge in [-0.25, -0.2) is 4.98 Å². The van der Waals surface area contributed by atoms with Crippen LogP contribution in [0.1, 0.15) is 37.9 Å². The number of anilines is 2. The number of carbonyl (C=O) groups excluding carboxylic acids is 1. The molecule has 0 fully saturated rings. The number of carbonyl (C=O) groups is 1. The van der Waals surface area contributed by atoms with Gasteiger partial charge in [-0.05, 0) is 37.1 Å². The monoisotopic (exact) mass is 309 g/mol. The molecule has 3 rings (SSSR count). The Morgan fingerprint density at radius 2 is 1.91 bits per heavy atom. The average Bonchev–Trinajstić information content (AvgIpc) is 2.53. The van der Waals surface area contributed by atoms with Gasteiger partial charge in [0.05, 0.1) is 6.04 Å². The van der Waals surface area contributed by atoms with Crippen molar-refractivity contribution in [2.24, 2.45) is 5.92 Å². The molecule has 1 aromatic heterocycles. The van der Waals surface area contributed by atoms with Crippen LogP contribution in [0.3, 0.4) is 0 Å². The fraction of sp³-hybridized carbons (Fsp3) is 0.368. The lowest BCUT2D eigenvalue weighted by Crippen LogP contribution is -2.48. The highest BCUT2D eigenvalue weighted by atomic mass is 16.2. The Morgan fingerprint density at radius 1 is 1.17 bits per heavy atom. The molecule has 4 nitrogen and oxygen atoms in total. The first kappa shape index (κ1) is 15.5. The summed E-state index contributed by atoms with van der Waals surface area (Å²) in [5, 5.41) is 3.55. The van der Waals surface area contributed by atoms with Gasteiger partial charge in [-0.1, -0.05) is 31.2 Å². The predicted octanol–water partition coefficient (Wildman–Crippen LogP) is 3.93. The van der Waals surface area contributed by atoms with Crippen LogP contribution in [0.15, 0.2) is 42.6 Å². The lowest BCUT2D eigenvalue weighted by Gasteiger charge is -2.44. The van der Waals surface area contributed by atoms with Gasteiger partial charge in [-0.15, -0.1) is 0 Å². The Morgan fingerprint density at radius 3 is 2.57 bits per heavy atom. The van der Waals surface area contributed by atoms with Crippen LogP contribution in [0.4, 0.5) is 11.5 Å². The van der Waals surface area contributed by atoms with Crippen molar-refractivity contribution in [2.75, 3.05) is 10.2 Å². The Kier molecular flexibility index (Phi) is 4.07. The minimum Gasteiger partial charge on any atom is -0.363 e. The number of benzene rings is 1. The summed E-state index contributed by atoms with van der Waals surface area (Å²) in [6, 6.07) is 12.5. The van der Waals surface area contributed by atoms with E-state index in [1.165, 1.54) is 0 Å². The van der Waals surface area contributed by atoms with Crippen LogP contribution in [0.25, 0.3) is 0 Å². The highest BCUT2D eigenvalue weighted by Crippen LogP contribution is 2.42. The lowest BCUT2D eigenvalue weighted by molar-refractivity contribution is -0.117. The van der Waals surface area contributed by atoms with Crippen molar-refractivity contribution < 1.29 is 4.79 Å². The van der Waals surface area contributed by atoms with Crippen molar-refractivity contribution in [1.82, 2.24) is 4.98 Å². The van der Waals surface area contributed by atoms with E-state index in [-0.39, 0.29) is 23.9 Å². The maximum Gasteiger partial charge on any atom is 0.224 e. The summed E-state index contributed by atoms with van der Waals surface area (Å²) in [6.07, 6.45) is 1.87. The van der Waals surface area contributed by atoms with Gasteiger partial charge in [0.25, 0.3) is 0 Å². The second kappa shape index (κ2) is 6.03. The molecule has 1 aromatic carbocycles. The van der Waals surface area contributed by atoms with Gasteiger partial charge in [0.2, 0.25) is 5.91 Å². The van der Waals surface area contributed by atoms with Gasteiger partial charge in [-0.3, -0.25) is 4.79 Å². The molecule has 23 heavy (non-hydrogen) atoms. The third-order valence-corrected chi connectivity index (χ3v) is 4.78. The maximum absolute atomic E-state index is 12.1. The van der Waals surface area contributed by atoms with Gasteiger partial charge in [0.1, 0.15) is 5.82 Å². The van der Waals surface area contributed by atoms with Gasteiger partial charge >= 0.3 is 0 Å². The van der Waals surface area contributed by atoms with Gasteiger partial charge in [0, 0.05) is 30.8 Å². The van der Waals surface area contributed by atoms with E-state index in [0.717, 1.165) is 22.6 Å². The normalized spacial score (nSPS) is 23.3. The molecule has 4 heteroatoms. The van der Waals surface area contributed by atoms with E-state index in [2.05, 4.69) is 36.3 Å². The second-order valence-corrected chi connectivity index (χ2v) is 6.39.